The zero-order chi connectivity index (χ0) is 13.0. The Morgan fingerprint density at radius 2 is 2.00 bits per heavy atom. The number of methoxy groups -OCH3 is 2. The van der Waals surface area contributed by atoms with Gasteiger partial charge in [0.2, 0.25) is 0 Å². The average Bonchev–Trinajstić information content (AvgIpc) is 2.86. The Balaban J connectivity index is 1.89. The van der Waals surface area contributed by atoms with Crippen molar-refractivity contribution >= 4 is 5.69 Å². The lowest BCUT2D eigenvalue weighted by Crippen LogP contribution is -2.35. The van der Waals surface area contributed by atoms with Crippen LogP contribution in [0.5, 0.6) is 5.75 Å². The van der Waals surface area contributed by atoms with Crippen molar-refractivity contribution in [1.82, 2.24) is 5.32 Å². The third kappa shape index (κ3) is 3.15. The zero-order valence-electron chi connectivity index (χ0n) is 11.3. The number of likely N-dealkylation sites (N-methyl/N-ethyl adjacent to an activating group) is 1. The number of benzene rings is 1. The van der Waals surface area contributed by atoms with Crippen LogP contribution >= 0.6 is 0 Å². The summed E-state index contributed by atoms with van der Waals surface area (Å²) in [6, 6.07) is 8.66. The van der Waals surface area contributed by atoms with Crippen molar-refractivity contribution in [1.29, 1.82) is 0 Å². The monoisotopic (exact) mass is 250 g/mol. The SMILES string of the molecule is COc1ccc(N(C)CC2CC(OC)CN2)cc1. The maximum atomic E-state index is 5.36. The molecule has 0 amide bonds. The second kappa shape index (κ2) is 6.07. The molecule has 1 fully saturated rings. The van der Waals surface area contributed by atoms with Crippen LogP contribution in [0, 0.1) is 0 Å². The Labute approximate surface area is 109 Å². The molecular formula is C14H22N2O2. The number of rotatable bonds is 5. The molecule has 0 aromatic heterocycles. The van der Waals surface area contributed by atoms with E-state index in [1.165, 1.54) is 5.69 Å². The van der Waals surface area contributed by atoms with Crippen LogP contribution in [-0.4, -0.2) is 46.5 Å². The van der Waals surface area contributed by atoms with Gasteiger partial charge in [0.15, 0.2) is 0 Å². The quantitative estimate of drug-likeness (QED) is 0.859. The molecule has 0 saturated carbocycles. The van der Waals surface area contributed by atoms with Gasteiger partial charge in [-0.25, -0.2) is 0 Å². The van der Waals surface area contributed by atoms with E-state index in [1.807, 2.05) is 12.1 Å². The molecule has 1 aliphatic rings. The molecule has 1 aliphatic heterocycles. The first kappa shape index (κ1) is 13.2. The molecule has 2 atom stereocenters. The zero-order valence-corrected chi connectivity index (χ0v) is 11.3. The third-order valence-corrected chi connectivity index (χ3v) is 3.52. The van der Waals surface area contributed by atoms with Gasteiger partial charge in [0.25, 0.3) is 0 Å². The van der Waals surface area contributed by atoms with E-state index >= 15 is 0 Å². The Morgan fingerprint density at radius 1 is 1.28 bits per heavy atom. The van der Waals surface area contributed by atoms with Crippen LogP contribution in [0.2, 0.25) is 0 Å². The van der Waals surface area contributed by atoms with E-state index in [4.69, 9.17) is 9.47 Å². The second-order valence-electron chi connectivity index (χ2n) is 4.78. The highest BCUT2D eigenvalue weighted by Crippen LogP contribution is 2.19. The van der Waals surface area contributed by atoms with E-state index < -0.39 is 0 Å². The van der Waals surface area contributed by atoms with Crippen molar-refractivity contribution in [3.8, 4) is 5.75 Å². The molecule has 1 heterocycles. The van der Waals surface area contributed by atoms with E-state index in [2.05, 4.69) is 29.4 Å². The molecule has 0 radical (unpaired) electrons. The summed E-state index contributed by atoms with van der Waals surface area (Å²) in [4.78, 5) is 2.26. The fourth-order valence-corrected chi connectivity index (χ4v) is 2.37. The topological polar surface area (TPSA) is 33.7 Å². The molecule has 4 heteroatoms. The molecule has 4 nitrogen and oxygen atoms in total. The summed E-state index contributed by atoms with van der Waals surface area (Å²) in [6.07, 6.45) is 1.44. The van der Waals surface area contributed by atoms with Gasteiger partial charge in [-0.2, -0.15) is 0 Å². The smallest absolute Gasteiger partial charge is 0.119 e. The molecule has 1 aromatic carbocycles. The lowest BCUT2D eigenvalue weighted by atomic mass is 10.2. The lowest BCUT2D eigenvalue weighted by molar-refractivity contribution is 0.117. The van der Waals surface area contributed by atoms with Gasteiger partial charge in [-0.3, -0.25) is 0 Å². The van der Waals surface area contributed by atoms with Crippen LogP contribution in [0.4, 0.5) is 5.69 Å². The van der Waals surface area contributed by atoms with E-state index in [-0.39, 0.29) is 0 Å². The largest absolute Gasteiger partial charge is 0.497 e. The Kier molecular flexibility index (Phi) is 4.44. The van der Waals surface area contributed by atoms with E-state index in [1.54, 1.807) is 14.2 Å². The average molecular weight is 250 g/mol. The first-order chi connectivity index (χ1) is 8.72. The molecular weight excluding hydrogens is 228 g/mol. The highest BCUT2D eigenvalue weighted by molar-refractivity contribution is 5.48. The van der Waals surface area contributed by atoms with Crippen LogP contribution in [0.15, 0.2) is 24.3 Å². The maximum Gasteiger partial charge on any atom is 0.119 e. The Bertz CT molecular complexity index is 367. The van der Waals surface area contributed by atoms with E-state index in [0.717, 1.165) is 25.3 Å². The van der Waals surface area contributed by atoms with Crippen molar-refractivity contribution in [3.63, 3.8) is 0 Å². The predicted octanol–water partition coefficient (Wildman–Crippen LogP) is 1.51. The van der Waals surface area contributed by atoms with Gasteiger partial charge in [-0.15, -0.1) is 0 Å². The van der Waals surface area contributed by atoms with Crippen LogP contribution in [0.3, 0.4) is 0 Å². The molecule has 1 N–H and O–H groups in total. The Morgan fingerprint density at radius 3 is 2.56 bits per heavy atom. The summed E-state index contributed by atoms with van der Waals surface area (Å²) in [6.45, 7) is 1.95. The molecule has 100 valence electrons. The van der Waals surface area contributed by atoms with Gasteiger partial charge in [-0.05, 0) is 30.7 Å². The van der Waals surface area contributed by atoms with Gasteiger partial charge in [-0.1, -0.05) is 0 Å². The third-order valence-electron chi connectivity index (χ3n) is 3.52. The maximum absolute atomic E-state index is 5.36. The first-order valence-electron chi connectivity index (χ1n) is 6.34. The van der Waals surface area contributed by atoms with E-state index in [9.17, 15) is 0 Å². The highest BCUT2D eigenvalue weighted by Gasteiger charge is 2.24. The van der Waals surface area contributed by atoms with Crippen molar-refractivity contribution < 1.29 is 9.47 Å². The predicted molar refractivity (Wildman–Crippen MR) is 73.5 cm³/mol. The summed E-state index contributed by atoms with van der Waals surface area (Å²) in [5.74, 6) is 0.894. The number of hydrogen-bond acceptors (Lipinski definition) is 4. The molecule has 2 unspecified atom stereocenters. The fourth-order valence-electron chi connectivity index (χ4n) is 2.37. The molecule has 18 heavy (non-hydrogen) atoms. The Hall–Kier alpha value is -1.26. The minimum atomic E-state index is 0.360. The van der Waals surface area contributed by atoms with Crippen molar-refractivity contribution in [3.05, 3.63) is 24.3 Å². The highest BCUT2D eigenvalue weighted by atomic mass is 16.5. The summed E-state index contributed by atoms with van der Waals surface area (Å²) in [5.41, 5.74) is 1.21. The standard InChI is InChI=1S/C14H22N2O2/c1-16(10-11-8-14(18-3)9-15-11)12-4-6-13(17-2)7-5-12/h4-7,11,14-15H,8-10H2,1-3H3. The van der Waals surface area contributed by atoms with Gasteiger partial charge in [0.05, 0.1) is 13.2 Å². The number of anilines is 1. The van der Waals surface area contributed by atoms with Crippen LogP contribution in [0.25, 0.3) is 0 Å². The van der Waals surface area contributed by atoms with Crippen LogP contribution in [-0.2, 0) is 4.74 Å². The molecule has 0 spiro atoms. The number of ether oxygens (including phenoxy) is 2. The fraction of sp³-hybridized carbons (Fsp3) is 0.571. The van der Waals surface area contributed by atoms with Crippen LogP contribution in [0.1, 0.15) is 6.42 Å². The minimum Gasteiger partial charge on any atom is -0.497 e. The molecule has 1 aromatic rings. The normalized spacial score (nSPS) is 23.1. The summed E-state index contributed by atoms with van der Waals surface area (Å²) < 4.78 is 10.5. The lowest BCUT2D eigenvalue weighted by Gasteiger charge is -2.23. The minimum absolute atomic E-state index is 0.360. The summed E-state index contributed by atoms with van der Waals surface area (Å²) >= 11 is 0. The van der Waals surface area contributed by atoms with Crippen molar-refractivity contribution in [2.24, 2.45) is 0 Å². The summed E-state index contributed by atoms with van der Waals surface area (Å²) in [7, 11) is 5.58. The number of nitrogens with one attached hydrogen (secondary N) is 1. The number of hydrogen-bond donors (Lipinski definition) is 1. The van der Waals surface area contributed by atoms with Gasteiger partial charge in [0.1, 0.15) is 5.75 Å². The second-order valence-corrected chi connectivity index (χ2v) is 4.78. The molecule has 0 aliphatic carbocycles. The van der Waals surface area contributed by atoms with Gasteiger partial charge >= 0.3 is 0 Å². The van der Waals surface area contributed by atoms with Crippen molar-refractivity contribution in [2.75, 3.05) is 39.3 Å². The molecule has 2 rings (SSSR count). The van der Waals surface area contributed by atoms with Crippen LogP contribution < -0.4 is 15.0 Å². The molecule has 1 saturated heterocycles. The molecule has 0 bridgehead atoms. The summed E-state index contributed by atoms with van der Waals surface area (Å²) in [5, 5.41) is 3.49. The first-order valence-corrected chi connectivity index (χ1v) is 6.34. The van der Waals surface area contributed by atoms with Gasteiger partial charge in [0, 0.05) is 39.0 Å². The van der Waals surface area contributed by atoms with Gasteiger partial charge < -0.3 is 19.7 Å². The number of nitrogens with zero attached hydrogens (tertiary/aromatic N) is 1. The van der Waals surface area contributed by atoms with Crippen molar-refractivity contribution in [2.45, 2.75) is 18.6 Å². The van der Waals surface area contributed by atoms with E-state index in [0.29, 0.717) is 12.1 Å².